The number of amides is 4. The zero-order chi connectivity index (χ0) is 81.1. The number of carbonyl (C=O) groups excluding carboxylic acids is 6. The number of fused-ring (bicyclic) bond motifs is 8. The Morgan fingerprint density at radius 2 is 1.50 bits per heavy atom. The Bertz CT molecular complexity index is 5210. The van der Waals surface area contributed by atoms with Crippen LogP contribution < -0.4 is 20.1 Å². The van der Waals surface area contributed by atoms with E-state index >= 15 is 0 Å². The minimum absolute atomic E-state index is 0.0300. The maximum Gasteiger partial charge on any atom is 0.274 e. The molecule has 0 bridgehead atoms. The number of ketones is 2. The number of anilines is 1. The number of rotatable bonds is 11. The molecule has 29 heteroatoms. The highest BCUT2D eigenvalue weighted by molar-refractivity contribution is 7.12. The van der Waals surface area contributed by atoms with Gasteiger partial charge in [-0.3, -0.25) is 43.0 Å². The number of aryl methyl sites for hydroxylation is 2. The van der Waals surface area contributed by atoms with Crippen LogP contribution in [-0.4, -0.2) is 251 Å². The van der Waals surface area contributed by atoms with Crippen molar-refractivity contribution in [3.05, 3.63) is 219 Å². The molecule has 3 atom stereocenters. The number of hydrogen-bond acceptors (Lipinski definition) is 21. The van der Waals surface area contributed by atoms with E-state index in [9.17, 15) is 28.8 Å². The Balaban J connectivity index is 0.000000115. The SMILES string of the molecule is C=C1CCC(=O)C2CN(C(=O)c3sccc3C)CCN12.CN(C)CC1COCCN(Cc2c(-c3ccccc3)nc3ncccn23)C1.COc1cccc2c1OCCCN(C(=O)c1cn3c(n1)CNCC3)C2.Clc1cccc2ccc(CN3CCn4cncc4C3)nc12.O=C1CCC(=O)N2CCN(C(=O)c3cccc4c3NCCC4)CC12. The number of benzene rings is 4. The molecule has 15 heterocycles. The van der Waals surface area contributed by atoms with E-state index in [1.54, 1.807) is 23.1 Å². The highest BCUT2D eigenvalue weighted by Gasteiger charge is 2.42. The Morgan fingerprint density at radius 3 is 2.31 bits per heavy atom. The summed E-state index contributed by atoms with van der Waals surface area (Å²) in [6.07, 6.45) is 14.3. The van der Waals surface area contributed by atoms with Gasteiger partial charge in [0.2, 0.25) is 11.7 Å². The standard InChI is InChI=1S/C21H27N5O.C18H22N4O3.C18H21N3O3.C16H15ClN4.C15H18N2O2S/c1-24(2)13-17-14-25(11-12-27-16-17)15-19-20(18-7-4-3-5-8-18)23-21-22-9-6-10-26(19)21;1-24-15-5-2-4-13-11-22(7-3-9-25-17(13)15)18(23)14-12-21-8-6-19-10-16(21)20-14;22-15-6-7-16(23)21-10-9-20(11-14(15)21)18(24)13-5-1-3-12-4-2-8-19-17(12)13;17-15-3-1-2-12-4-5-13(19-16(12)15)9-20-6-7-21-11-18-8-14(21)10-20;1-10-5-8-20-14(10)15(19)16-6-7-17-11(2)3-4-13(18)12(17)9-16/h3-10,17H,11-16H2,1-2H3;2,4-5,12,19H,3,6-11H2,1H3;1,3,5,14,19H,2,4,6-11H2;1-5,8,11H,6-7,9-10H2;5,8,12H,2-4,6-7,9H2,1H3. The molecule has 3 unspecified atom stereocenters. The summed E-state index contributed by atoms with van der Waals surface area (Å²) in [4.78, 5) is 115. The summed E-state index contributed by atoms with van der Waals surface area (Å²) in [5, 5.41) is 10.4. The number of pyridine rings is 1. The highest BCUT2D eigenvalue weighted by atomic mass is 35.5. The van der Waals surface area contributed by atoms with E-state index in [0.29, 0.717) is 113 Å². The van der Waals surface area contributed by atoms with Gasteiger partial charge in [-0.2, -0.15) is 0 Å². The molecular weight excluding hydrogens is 1520 g/mol. The third-order valence-corrected chi connectivity index (χ3v) is 24.3. The molecule has 117 heavy (non-hydrogen) atoms. The van der Waals surface area contributed by atoms with E-state index in [1.807, 2.05) is 108 Å². The van der Waals surface area contributed by atoms with Crippen molar-refractivity contribution in [2.24, 2.45) is 5.92 Å². The first-order valence-corrected chi connectivity index (χ1v) is 41.9. The van der Waals surface area contributed by atoms with Gasteiger partial charge in [-0.1, -0.05) is 91.0 Å². The number of nitrogens with zero attached hydrogens (tertiary/aromatic N) is 16. The van der Waals surface area contributed by atoms with Crippen molar-refractivity contribution in [1.29, 1.82) is 0 Å². The van der Waals surface area contributed by atoms with Gasteiger partial charge in [-0.25, -0.2) is 24.9 Å². The molecule has 27 nitrogen and oxygen atoms in total. The van der Waals surface area contributed by atoms with Crippen LogP contribution in [0.15, 0.2) is 158 Å². The van der Waals surface area contributed by atoms with Crippen molar-refractivity contribution < 1.29 is 43.0 Å². The molecule has 5 fully saturated rings. The third kappa shape index (κ3) is 19.1. The van der Waals surface area contributed by atoms with E-state index in [1.165, 1.54) is 28.3 Å². The van der Waals surface area contributed by atoms with Gasteiger partial charge in [-0.15, -0.1) is 11.3 Å². The summed E-state index contributed by atoms with van der Waals surface area (Å²) in [5.74, 6) is 3.94. The van der Waals surface area contributed by atoms with Crippen LogP contribution in [0.2, 0.25) is 5.02 Å². The van der Waals surface area contributed by atoms with E-state index < -0.39 is 6.04 Å². The van der Waals surface area contributed by atoms with Gasteiger partial charge in [0.25, 0.3) is 17.7 Å². The van der Waals surface area contributed by atoms with Crippen LogP contribution >= 0.6 is 22.9 Å². The van der Waals surface area contributed by atoms with Crippen molar-refractivity contribution >= 4 is 80.5 Å². The normalized spacial score (nSPS) is 19.4. The molecule has 0 aliphatic carbocycles. The second-order valence-electron chi connectivity index (χ2n) is 31.3. The van der Waals surface area contributed by atoms with Gasteiger partial charge in [0.05, 0.1) is 89.2 Å². The lowest BCUT2D eigenvalue weighted by Gasteiger charge is -2.45. The number of piperazine rings is 2. The number of piperidine rings is 2. The van der Waals surface area contributed by atoms with Gasteiger partial charge in [0, 0.05) is 197 Å². The Labute approximate surface area is 691 Å². The Morgan fingerprint density at radius 1 is 0.701 bits per heavy atom. The molecule has 2 N–H and O–H groups in total. The van der Waals surface area contributed by atoms with Gasteiger partial charge < -0.3 is 63.4 Å². The number of halogens is 1. The number of aromatic nitrogens is 8. The molecule has 9 aliphatic rings. The predicted octanol–water partition coefficient (Wildman–Crippen LogP) is 10.0. The number of carbonyl (C=O) groups is 6. The number of imidazole rings is 3. The molecular formula is C88H103ClN18O9S. The quantitative estimate of drug-likeness (QED) is 0.122. The van der Waals surface area contributed by atoms with Crippen LogP contribution in [0.1, 0.15) is 109 Å². The maximum absolute atomic E-state index is 13.0. The van der Waals surface area contributed by atoms with Crippen molar-refractivity contribution in [2.75, 3.05) is 131 Å². The summed E-state index contributed by atoms with van der Waals surface area (Å²) < 4.78 is 23.5. The fraction of sp³-hybridized carbons (Fsp3) is 0.420. The van der Waals surface area contributed by atoms with E-state index in [4.69, 9.17) is 35.8 Å². The van der Waals surface area contributed by atoms with Gasteiger partial charge >= 0.3 is 0 Å². The van der Waals surface area contributed by atoms with Crippen LogP contribution in [0.25, 0.3) is 27.9 Å². The number of allylic oxidation sites excluding steroid dienone is 1. The molecule has 5 saturated heterocycles. The number of Topliss-reactive ketones (excluding diaryl/α,β-unsaturated/α-hetero) is 2. The van der Waals surface area contributed by atoms with Crippen molar-refractivity contribution in [1.82, 2.24) is 83.0 Å². The first-order valence-electron chi connectivity index (χ1n) is 40.7. The molecule has 6 aromatic heterocycles. The number of hydrogen-bond donors (Lipinski definition) is 2. The molecule has 4 aromatic carbocycles. The molecule has 0 spiro atoms. The second-order valence-corrected chi connectivity index (χ2v) is 32.6. The van der Waals surface area contributed by atoms with Crippen molar-refractivity contribution in [2.45, 2.75) is 110 Å². The van der Waals surface area contributed by atoms with Crippen LogP contribution in [0.3, 0.4) is 0 Å². The lowest BCUT2D eigenvalue weighted by Crippen LogP contribution is -2.61. The zero-order valence-corrected chi connectivity index (χ0v) is 68.7. The minimum Gasteiger partial charge on any atom is -0.493 e. The molecule has 4 amide bonds. The van der Waals surface area contributed by atoms with Gasteiger partial charge in [0.1, 0.15) is 23.6 Å². The number of nitrogens with one attached hydrogen (secondary N) is 2. The third-order valence-electron chi connectivity index (χ3n) is 23.0. The average molecular weight is 1620 g/mol. The number of methoxy groups -OCH3 is 1. The van der Waals surface area contributed by atoms with Crippen molar-refractivity contribution in [3.8, 4) is 22.8 Å². The summed E-state index contributed by atoms with van der Waals surface area (Å²) in [7, 11) is 5.88. The lowest BCUT2D eigenvalue weighted by atomic mass is 9.95. The first-order chi connectivity index (χ1) is 57.0. The Hall–Kier alpha value is -10.7. The largest absolute Gasteiger partial charge is 0.493 e. The maximum atomic E-state index is 13.0. The number of ether oxygens (including phenoxy) is 3. The predicted molar refractivity (Wildman–Crippen MR) is 449 cm³/mol. The smallest absolute Gasteiger partial charge is 0.274 e. The topological polar surface area (TPSA) is 259 Å². The highest BCUT2D eigenvalue weighted by Crippen LogP contribution is 2.36. The number of thiophene rings is 1. The Kier molecular flexibility index (Phi) is 26.2. The van der Waals surface area contributed by atoms with Gasteiger partial charge in [-0.05, 0) is 99.6 Å². The van der Waals surface area contributed by atoms with Crippen molar-refractivity contribution in [3.63, 3.8) is 0 Å². The van der Waals surface area contributed by atoms with E-state index in [-0.39, 0.29) is 41.2 Å². The van der Waals surface area contributed by atoms with E-state index in [0.717, 1.165) is 183 Å². The summed E-state index contributed by atoms with van der Waals surface area (Å²) in [6.45, 7) is 23.4. The second kappa shape index (κ2) is 37.7. The molecule has 0 radical (unpaired) electrons. The summed E-state index contributed by atoms with van der Waals surface area (Å²) in [6, 6.07) is 35.3. The molecule has 0 saturated carbocycles. The number of para-hydroxylation sites is 3. The molecule has 19 rings (SSSR count). The molecule has 9 aliphatic heterocycles. The molecule has 612 valence electrons. The fourth-order valence-corrected chi connectivity index (χ4v) is 18.0. The van der Waals surface area contributed by atoms with Crippen LogP contribution in [0.5, 0.6) is 11.5 Å². The molecule has 10 aromatic rings. The summed E-state index contributed by atoms with van der Waals surface area (Å²) >= 11 is 7.71. The monoisotopic (exact) mass is 1620 g/mol. The van der Waals surface area contributed by atoms with Crippen LogP contribution in [-0.2, 0) is 71.4 Å². The fourth-order valence-electron chi connectivity index (χ4n) is 16.9. The van der Waals surface area contributed by atoms with Crippen LogP contribution in [0, 0.1) is 12.8 Å². The first kappa shape index (κ1) is 81.4. The average Bonchev–Trinajstić information content (AvgIpc) is 1.15. The van der Waals surface area contributed by atoms with E-state index in [2.05, 4.69) is 128 Å². The summed E-state index contributed by atoms with van der Waals surface area (Å²) in [5.41, 5.74) is 12.9. The lowest BCUT2D eigenvalue weighted by molar-refractivity contribution is -0.147. The zero-order valence-electron chi connectivity index (χ0n) is 67.1. The van der Waals surface area contributed by atoms with Crippen LogP contribution in [0.4, 0.5) is 5.69 Å². The van der Waals surface area contributed by atoms with Gasteiger partial charge in [0.15, 0.2) is 23.1 Å². The minimum atomic E-state index is -0.462.